The number of rotatable bonds is 1. The molecule has 0 saturated heterocycles. The minimum Gasteiger partial charge on any atom is -0.358 e. The maximum Gasteiger partial charge on any atom is 0.394 e. The van der Waals surface area contributed by atoms with Crippen LogP contribution in [0.3, 0.4) is 0 Å². The molecular weight excluding hydrogens is 219 g/mol. The van der Waals surface area contributed by atoms with E-state index in [0.717, 1.165) is 6.07 Å². The Bertz CT molecular complexity index is 571. The highest BCUT2D eigenvalue weighted by atomic mass is 19.4. The van der Waals surface area contributed by atoms with E-state index in [9.17, 15) is 18.0 Å². The monoisotopic (exact) mass is 227 g/mol. The van der Waals surface area contributed by atoms with Crippen molar-refractivity contribution in [3.8, 4) is 0 Å². The molecule has 0 atom stereocenters. The van der Waals surface area contributed by atoms with Gasteiger partial charge in [-0.2, -0.15) is 13.2 Å². The molecule has 5 heteroatoms. The zero-order chi connectivity index (χ0) is 11.8. The van der Waals surface area contributed by atoms with Crippen LogP contribution >= 0.6 is 0 Å². The highest BCUT2D eigenvalue weighted by Gasteiger charge is 2.28. The predicted molar refractivity (Wildman–Crippen MR) is 54.3 cm³/mol. The van der Waals surface area contributed by atoms with Crippen molar-refractivity contribution >= 4 is 10.9 Å². The highest BCUT2D eigenvalue weighted by molar-refractivity contribution is 5.78. The molecule has 0 unspecified atom stereocenters. The average Bonchev–Trinajstić information content (AvgIpc) is 2.15. The van der Waals surface area contributed by atoms with Gasteiger partial charge in [0.2, 0.25) is 0 Å². The fraction of sp³-hybridized carbons (Fsp3) is 0.182. The van der Waals surface area contributed by atoms with Gasteiger partial charge in [0, 0.05) is 22.7 Å². The molecule has 2 nitrogen and oxygen atoms in total. The third-order valence-corrected chi connectivity index (χ3v) is 2.18. The Hall–Kier alpha value is -1.78. The lowest BCUT2D eigenvalue weighted by Crippen LogP contribution is -2.15. The number of aromatic amines is 1. The number of fused-ring (bicyclic) bond motifs is 1. The van der Waals surface area contributed by atoms with Gasteiger partial charge in [-0.25, -0.2) is 0 Å². The fourth-order valence-electron chi connectivity index (χ4n) is 1.56. The normalized spacial score (nSPS) is 11.9. The lowest BCUT2D eigenvalue weighted by atomic mass is 10.1. The summed E-state index contributed by atoms with van der Waals surface area (Å²) in [5, 5.41) is 0.397. The second kappa shape index (κ2) is 3.66. The summed E-state index contributed by atoms with van der Waals surface area (Å²) in [6, 6.07) is 7.48. The number of nitrogens with one attached hydrogen (secondary N) is 1. The lowest BCUT2D eigenvalue weighted by Gasteiger charge is -2.07. The number of para-hydroxylation sites is 1. The Morgan fingerprint density at radius 3 is 2.56 bits per heavy atom. The van der Waals surface area contributed by atoms with Crippen LogP contribution in [-0.2, 0) is 6.42 Å². The first kappa shape index (κ1) is 10.7. The van der Waals surface area contributed by atoms with Crippen molar-refractivity contribution in [2.45, 2.75) is 12.6 Å². The van der Waals surface area contributed by atoms with Crippen LogP contribution in [0.1, 0.15) is 5.69 Å². The molecule has 0 saturated carbocycles. The van der Waals surface area contributed by atoms with Gasteiger partial charge in [0.1, 0.15) is 0 Å². The van der Waals surface area contributed by atoms with Gasteiger partial charge in [0.05, 0.1) is 6.42 Å². The van der Waals surface area contributed by atoms with E-state index in [1.54, 1.807) is 24.3 Å². The number of H-pyrrole nitrogens is 1. The van der Waals surface area contributed by atoms with E-state index in [1.165, 1.54) is 0 Å². The van der Waals surface area contributed by atoms with E-state index < -0.39 is 18.0 Å². The molecule has 16 heavy (non-hydrogen) atoms. The molecule has 2 aromatic rings. The van der Waals surface area contributed by atoms with Crippen LogP contribution in [-0.4, -0.2) is 11.2 Å². The second-order valence-electron chi connectivity index (χ2n) is 3.50. The van der Waals surface area contributed by atoms with Crippen LogP contribution in [0.15, 0.2) is 35.1 Å². The molecule has 0 aliphatic heterocycles. The van der Waals surface area contributed by atoms with Gasteiger partial charge < -0.3 is 4.98 Å². The minimum atomic E-state index is -4.31. The molecule has 1 N–H and O–H groups in total. The number of alkyl halides is 3. The molecule has 0 radical (unpaired) electrons. The fourth-order valence-corrected chi connectivity index (χ4v) is 1.56. The quantitative estimate of drug-likeness (QED) is 0.798. The Morgan fingerprint density at radius 1 is 1.19 bits per heavy atom. The van der Waals surface area contributed by atoms with Crippen LogP contribution in [0.2, 0.25) is 0 Å². The van der Waals surface area contributed by atoms with Crippen molar-refractivity contribution in [3.05, 3.63) is 46.2 Å². The lowest BCUT2D eigenvalue weighted by molar-refractivity contribution is -0.127. The second-order valence-corrected chi connectivity index (χ2v) is 3.50. The molecule has 0 spiro atoms. The van der Waals surface area contributed by atoms with Gasteiger partial charge in [0.15, 0.2) is 5.43 Å². The number of aromatic nitrogens is 1. The van der Waals surface area contributed by atoms with Crippen LogP contribution in [0.4, 0.5) is 13.2 Å². The molecule has 0 bridgehead atoms. The zero-order valence-corrected chi connectivity index (χ0v) is 8.14. The van der Waals surface area contributed by atoms with E-state index >= 15 is 0 Å². The third-order valence-electron chi connectivity index (χ3n) is 2.18. The van der Waals surface area contributed by atoms with Gasteiger partial charge in [0.25, 0.3) is 0 Å². The van der Waals surface area contributed by atoms with E-state index in [1.807, 2.05) is 0 Å². The van der Waals surface area contributed by atoms with Crippen molar-refractivity contribution in [3.63, 3.8) is 0 Å². The van der Waals surface area contributed by atoms with Crippen LogP contribution < -0.4 is 5.43 Å². The van der Waals surface area contributed by atoms with Crippen molar-refractivity contribution in [2.75, 3.05) is 0 Å². The number of hydrogen-bond donors (Lipinski definition) is 1. The third kappa shape index (κ3) is 2.24. The summed E-state index contributed by atoms with van der Waals surface area (Å²) in [4.78, 5) is 14.1. The number of hydrogen-bond acceptors (Lipinski definition) is 1. The van der Waals surface area contributed by atoms with Crippen LogP contribution in [0, 0.1) is 0 Å². The standard InChI is InChI=1S/C11H8F3NO/c12-11(13,14)6-7-5-10(16)8-3-1-2-4-9(8)15-7/h1-5H,6H2,(H,15,16). The molecule has 0 fully saturated rings. The van der Waals surface area contributed by atoms with Crippen LogP contribution in [0.5, 0.6) is 0 Å². The molecular formula is C11H8F3NO. The zero-order valence-electron chi connectivity index (χ0n) is 8.14. The first-order chi connectivity index (χ1) is 7.46. The molecule has 2 rings (SSSR count). The van der Waals surface area contributed by atoms with Crippen molar-refractivity contribution < 1.29 is 13.2 Å². The molecule has 0 amide bonds. The number of pyridine rings is 1. The summed E-state index contributed by atoms with van der Waals surface area (Å²) in [7, 11) is 0. The molecule has 84 valence electrons. The van der Waals surface area contributed by atoms with Gasteiger partial charge in [-0.1, -0.05) is 12.1 Å². The summed E-state index contributed by atoms with van der Waals surface area (Å²) in [5.41, 5.74) is -0.0842. The number of halogens is 3. The molecule has 1 aromatic carbocycles. The Kier molecular flexibility index (Phi) is 2.46. The summed E-state index contributed by atoms with van der Waals surface area (Å²) in [6.07, 6.45) is -5.43. The Morgan fingerprint density at radius 2 is 1.88 bits per heavy atom. The average molecular weight is 227 g/mol. The summed E-state index contributed by atoms with van der Waals surface area (Å²) in [5.74, 6) is 0. The van der Waals surface area contributed by atoms with Gasteiger partial charge in [-0.05, 0) is 12.1 Å². The predicted octanol–water partition coefficient (Wildman–Crippen LogP) is 2.63. The topological polar surface area (TPSA) is 32.9 Å². The first-order valence-corrected chi connectivity index (χ1v) is 4.63. The van der Waals surface area contributed by atoms with E-state index in [4.69, 9.17) is 0 Å². The Balaban J connectivity index is 2.54. The molecule has 0 aliphatic carbocycles. The molecule has 1 heterocycles. The van der Waals surface area contributed by atoms with Crippen molar-refractivity contribution in [1.82, 2.24) is 4.98 Å². The minimum absolute atomic E-state index is 0.115. The number of benzene rings is 1. The van der Waals surface area contributed by atoms with Gasteiger partial charge in [-0.15, -0.1) is 0 Å². The highest BCUT2D eigenvalue weighted by Crippen LogP contribution is 2.20. The van der Waals surface area contributed by atoms with Crippen LogP contribution in [0.25, 0.3) is 10.9 Å². The van der Waals surface area contributed by atoms with Gasteiger partial charge >= 0.3 is 6.18 Å². The largest absolute Gasteiger partial charge is 0.394 e. The van der Waals surface area contributed by atoms with E-state index in [2.05, 4.69) is 4.98 Å². The van der Waals surface area contributed by atoms with E-state index in [-0.39, 0.29) is 5.69 Å². The summed E-state index contributed by atoms with van der Waals surface area (Å²) in [6.45, 7) is 0. The van der Waals surface area contributed by atoms with Crippen molar-refractivity contribution in [1.29, 1.82) is 0 Å². The maximum absolute atomic E-state index is 12.2. The van der Waals surface area contributed by atoms with E-state index in [0.29, 0.717) is 10.9 Å². The first-order valence-electron chi connectivity index (χ1n) is 4.63. The Labute approximate surface area is 88.7 Å². The summed E-state index contributed by atoms with van der Waals surface area (Å²) < 4.78 is 36.5. The van der Waals surface area contributed by atoms with Gasteiger partial charge in [-0.3, -0.25) is 4.79 Å². The smallest absolute Gasteiger partial charge is 0.358 e. The molecule has 0 aliphatic rings. The summed E-state index contributed by atoms with van der Waals surface area (Å²) >= 11 is 0. The SMILES string of the molecule is O=c1cc(CC(F)(F)F)[nH]c2ccccc12. The molecule has 1 aromatic heterocycles. The maximum atomic E-state index is 12.2. The van der Waals surface area contributed by atoms with Crippen molar-refractivity contribution in [2.24, 2.45) is 0 Å².